The highest BCUT2D eigenvalue weighted by Gasteiger charge is 2.71. The molecular formula is C38H56O4. The van der Waals surface area contributed by atoms with E-state index in [0.29, 0.717) is 31.0 Å². The van der Waals surface area contributed by atoms with Crippen molar-refractivity contribution in [2.24, 2.45) is 11.8 Å². The van der Waals surface area contributed by atoms with Gasteiger partial charge in [-0.25, -0.2) is 0 Å². The fourth-order valence-electron chi connectivity index (χ4n) is 8.87. The molecule has 1 fully saturated rings. The van der Waals surface area contributed by atoms with Gasteiger partial charge < -0.3 is 14.6 Å². The van der Waals surface area contributed by atoms with Gasteiger partial charge in [-0.05, 0) is 86.8 Å². The average Bonchev–Trinajstić information content (AvgIpc) is 3.34. The molecule has 0 radical (unpaired) electrons. The molecule has 1 heterocycles. The summed E-state index contributed by atoms with van der Waals surface area (Å²) in [6.07, 6.45) is 27.7. The zero-order valence-electron chi connectivity index (χ0n) is 26.7. The largest absolute Gasteiger partial charge is 0.493 e. The summed E-state index contributed by atoms with van der Waals surface area (Å²) in [6, 6.07) is 4.21. The number of hydrogen-bond donors (Lipinski definition) is 1. The first kappa shape index (κ1) is 31.4. The van der Waals surface area contributed by atoms with Gasteiger partial charge in [0.1, 0.15) is 11.9 Å². The summed E-state index contributed by atoms with van der Waals surface area (Å²) < 4.78 is 12.5. The number of ketones is 1. The zero-order chi connectivity index (χ0) is 29.6. The smallest absolute Gasteiger partial charge is 0.166 e. The maximum atomic E-state index is 13.2. The fourth-order valence-corrected chi connectivity index (χ4v) is 8.87. The molecule has 0 saturated heterocycles. The van der Waals surface area contributed by atoms with Crippen LogP contribution >= 0.6 is 0 Å². The second kappa shape index (κ2) is 14.1. The minimum Gasteiger partial charge on any atom is -0.493 e. The standard InChI is InChI=1S/C38H56O4/c1-4-5-6-7-8-9-10-11-12-13-14-15-16-17-18-19-31(39)26-30-23-25-38(40)32-27-29-20-21-33(41-3)35-34(29)37(38,36(30)42-35)24-22-28(32)2/h11-12,20-21,23,28,32,36,40H,4-10,13-19,22,24-27H2,1-3H3/b12-11-/t28?,32-,36-,37-,38+/m0/s1. The van der Waals surface area contributed by atoms with Crippen molar-refractivity contribution in [3.63, 3.8) is 0 Å². The Balaban J connectivity index is 1.07. The third-order valence-electron chi connectivity index (χ3n) is 11.2. The lowest BCUT2D eigenvalue weighted by atomic mass is 9.44. The number of methoxy groups -OCH3 is 1. The van der Waals surface area contributed by atoms with Crippen molar-refractivity contribution in [1.29, 1.82) is 0 Å². The third-order valence-corrected chi connectivity index (χ3v) is 11.2. The topological polar surface area (TPSA) is 55.8 Å². The molecule has 4 aliphatic rings. The molecule has 232 valence electrons. The van der Waals surface area contributed by atoms with Gasteiger partial charge in [0.25, 0.3) is 0 Å². The van der Waals surface area contributed by atoms with Gasteiger partial charge in [-0.1, -0.05) is 89.5 Å². The Labute approximate surface area is 255 Å². The van der Waals surface area contributed by atoms with Crippen molar-refractivity contribution in [1.82, 2.24) is 0 Å². The van der Waals surface area contributed by atoms with Crippen LogP contribution in [0.3, 0.4) is 0 Å². The van der Waals surface area contributed by atoms with Gasteiger partial charge in [0.05, 0.1) is 18.1 Å². The number of unbranched alkanes of at least 4 members (excludes halogenated alkanes) is 11. The van der Waals surface area contributed by atoms with E-state index in [9.17, 15) is 9.90 Å². The van der Waals surface area contributed by atoms with Crippen LogP contribution in [0.15, 0.2) is 35.9 Å². The molecule has 2 bridgehead atoms. The maximum absolute atomic E-state index is 13.2. The predicted octanol–water partition coefficient (Wildman–Crippen LogP) is 9.35. The van der Waals surface area contributed by atoms with Crippen LogP contribution in [0.2, 0.25) is 0 Å². The Morgan fingerprint density at radius 3 is 2.43 bits per heavy atom. The molecular weight excluding hydrogens is 520 g/mol. The minimum absolute atomic E-state index is 0.216. The summed E-state index contributed by atoms with van der Waals surface area (Å²) >= 11 is 0. The van der Waals surface area contributed by atoms with E-state index >= 15 is 0 Å². The van der Waals surface area contributed by atoms with Crippen LogP contribution in [-0.2, 0) is 16.6 Å². The van der Waals surface area contributed by atoms with E-state index in [0.717, 1.165) is 49.2 Å². The highest BCUT2D eigenvalue weighted by atomic mass is 16.5. The molecule has 1 aromatic carbocycles. The van der Waals surface area contributed by atoms with Gasteiger partial charge in [0.15, 0.2) is 11.5 Å². The Kier molecular flexibility index (Phi) is 10.6. The second-order valence-corrected chi connectivity index (χ2v) is 13.9. The molecule has 3 aliphatic carbocycles. The van der Waals surface area contributed by atoms with Crippen molar-refractivity contribution >= 4 is 5.78 Å². The number of rotatable bonds is 18. The van der Waals surface area contributed by atoms with Gasteiger partial charge in [-0.3, -0.25) is 4.79 Å². The van der Waals surface area contributed by atoms with Crippen LogP contribution < -0.4 is 9.47 Å². The van der Waals surface area contributed by atoms with E-state index in [1.807, 2.05) is 6.07 Å². The van der Waals surface area contributed by atoms with Crippen molar-refractivity contribution in [3.05, 3.63) is 47.1 Å². The SMILES string of the molecule is CCCCCCCC/C=C\CCCCCCCC(=O)CC1=CC[C@@]2(O)[C@H]3Cc4ccc(OC)c5c4[C@@]2(CCC3C)[C@H]1O5. The van der Waals surface area contributed by atoms with Crippen LogP contribution in [0.25, 0.3) is 0 Å². The Morgan fingerprint density at radius 1 is 1.02 bits per heavy atom. The molecule has 0 amide bonds. The number of carbonyl (C=O) groups excluding carboxylic acids is 1. The van der Waals surface area contributed by atoms with Gasteiger partial charge >= 0.3 is 0 Å². The van der Waals surface area contributed by atoms with E-state index in [1.54, 1.807) is 7.11 Å². The average molecular weight is 577 g/mol. The molecule has 0 aromatic heterocycles. The van der Waals surface area contributed by atoms with Gasteiger partial charge in [0, 0.05) is 18.4 Å². The predicted molar refractivity (Wildman–Crippen MR) is 171 cm³/mol. The van der Waals surface area contributed by atoms with Gasteiger partial charge in [0.2, 0.25) is 0 Å². The normalized spacial score (nSPS) is 28.9. The molecule has 5 rings (SSSR count). The lowest BCUT2D eigenvalue weighted by Crippen LogP contribution is -2.69. The highest BCUT2D eigenvalue weighted by Crippen LogP contribution is 2.68. The summed E-state index contributed by atoms with van der Waals surface area (Å²) in [5.41, 5.74) is 2.27. The second-order valence-electron chi connectivity index (χ2n) is 13.9. The summed E-state index contributed by atoms with van der Waals surface area (Å²) in [6.45, 7) is 4.57. The lowest BCUT2D eigenvalue weighted by molar-refractivity contribution is -0.160. The van der Waals surface area contributed by atoms with Crippen molar-refractivity contribution in [2.45, 2.75) is 153 Å². The van der Waals surface area contributed by atoms with Gasteiger partial charge in [-0.2, -0.15) is 0 Å². The van der Waals surface area contributed by atoms with Gasteiger partial charge in [-0.15, -0.1) is 0 Å². The minimum atomic E-state index is -0.823. The molecule has 4 heteroatoms. The monoisotopic (exact) mass is 576 g/mol. The molecule has 1 spiro atoms. The molecule has 1 unspecified atom stereocenters. The highest BCUT2D eigenvalue weighted by molar-refractivity contribution is 5.81. The molecule has 5 atom stereocenters. The Hall–Kier alpha value is -2.07. The van der Waals surface area contributed by atoms with E-state index in [2.05, 4.69) is 38.1 Å². The maximum Gasteiger partial charge on any atom is 0.166 e. The first-order valence-electron chi connectivity index (χ1n) is 17.4. The molecule has 1 aliphatic heterocycles. The number of ether oxygens (including phenoxy) is 2. The van der Waals surface area contributed by atoms with E-state index in [-0.39, 0.29) is 12.0 Å². The molecule has 1 aromatic rings. The lowest BCUT2D eigenvalue weighted by Gasteiger charge is -2.61. The fraction of sp³-hybridized carbons (Fsp3) is 0.711. The number of allylic oxidation sites excluding steroid dienone is 2. The Bertz CT molecular complexity index is 1130. The quantitative estimate of drug-likeness (QED) is 0.140. The number of Topliss-reactive ketones (excluding diaryl/α,β-unsaturated/α-hetero) is 1. The van der Waals surface area contributed by atoms with Crippen LogP contribution in [0.4, 0.5) is 0 Å². The van der Waals surface area contributed by atoms with E-state index in [4.69, 9.17) is 9.47 Å². The number of aliphatic hydroxyl groups is 1. The number of carbonyl (C=O) groups is 1. The van der Waals surface area contributed by atoms with Crippen molar-refractivity contribution in [2.75, 3.05) is 7.11 Å². The molecule has 42 heavy (non-hydrogen) atoms. The summed E-state index contributed by atoms with van der Waals surface area (Å²) in [5.74, 6) is 2.55. The van der Waals surface area contributed by atoms with Crippen molar-refractivity contribution in [3.8, 4) is 11.5 Å². The van der Waals surface area contributed by atoms with Crippen LogP contribution in [0, 0.1) is 11.8 Å². The zero-order valence-corrected chi connectivity index (χ0v) is 26.7. The van der Waals surface area contributed by atoms with Crippen LogP contribution in [-0.4, -0.2) is 29.7 Å². The summed E-state index contributed by atoms with van der Waals surface area (Å²) in [7, 11) is 1.69. The molecule has 1 N–H and O–H groups in total. The first-order chi connectivity index (χ1) is 20.5. The summed E-state index contributed by atoms with van der Waals surface area (Å²) in [4.78, 5) is 13.2. The third kappa shape index (κ3) is 5.99. The van der Waals surface area contributed by atoms with Crippen LogP contribution in [0.5, 0.6) is 11.5 Å². The van der Waals surface area contributed by atoms with E-state index in [1.165, 1.54) is 81.8 Å². The first-order valence-corrected chi connectivity index (χ1v) is 17.4. The summed E-state index contributed by atoms with van der Waals surface area (Å²) in [5, 5.41) is 12.4. The molecule has 4 nitrogen and oxygen atoms in total. The Morgan fingerprint density at radius 2 is 1.71 bits per heavy atom. The van der Waals surface area contributed by atoms with E-state index < -0.39 is 11.0 Å². The van der Waals surface area contributed by atoms with Crippen molar-refractivity contribution < 1.29 is 19.4 Å². The number of hydrogen-bond acceptors (Lipinski definition) is 4. The van der Waals surface area contributed by atoms with Crippen LogP contribution in [0.1, 0.15) is 141 Å². The molecule has 1 saturated carbocycles. The number of benzene rings is 1.